The molecule has 0 N–H and O–H groups in total. The fourth-order valence-electron chi connectivity index (χ4n) is 1.72. The summed E-state index contributed by atoms with van der Waals surface area (Å²) in [6, 6.07) is 0. The molecule has 0 amide bonds. The first kappa shape index (κ1) is 11.6. The van der Waals surface area contributed by atoms with Gasteiger partial charge in [0.1, 0.15) is 0 Å². The summed E-state index contributed by atoms with van der Waals surface area (Å²) in [6.45, 7) is 3.75. The molecule has 1 fully saturated rings. The van der Waals surface area contributed by atoms with E-state index in [0.717, 1.165) is 25.7 Å². The van der Waals surface area contributed by atoms with Crippen molar-refractivity contribution in [2.75, 3.05) is 18.0 Å². The zero-order chi connectivity index (χ0) is 11.5. The third-order valence-corrected chi connectivity index (χ3v) is 2.85. The highest BCUT2D eigenvalue weighted by Gasteiger charge is 2.26. The lowest BCUT2D eigenvalue weighted by Crippen LogP contribution is -2.28. The third-order valence-electron chi connectivity index (χ3n) is 2.66. The fourth-order valence-corrected chi connectivity index (χ4v) is 1.85. The zero-order valence-electron chi connectivity index (χ0n) is 9.29. The Kier molecular flexibility index (Phi) is 3.59. The molecule has 3 nitrogen and oxygen atoms in total. The summed E-state index contributed by atoms with van der Waals surface area (Å²) < 4.78 is 13.6. The molecule has 88 valence electrons. The number of anilines is 1. The summed E-state index contributed by atoms with van der Waals surface area (Å²) in [5.74, 6) is 0.645. The van der Waals surface area contributed by atoms with E-state index in [2.05, 4.69) is 16.9 Å². The molecule has 0 radical (unpaired) electrons. The maximum atomic E-state index is 13.6. The number of nitrogens with zero attached hydrogens (tertiary/aromatic N) is 3. The predicted molar refractivity (Wildman–Crippen MR) is 62.2 cm³/mol. The Bertz CT molecular complexity index is 368. The lowest BCUT2D eigenvalue weighted by molar-refractivity contribution is 0.592. The van der Waals surface area contributed by atoms with Gasteiger partial charge in [-0.3, -0.25) is 0 Å². The first-order valence-electron chi connectivity index (χ1n) is 5.63. The Morgan fingerprint density at radius 1 is 1.56 bits per heavy atom. The van der Waals surface area contributed by atoms with Crippen molar-refractivity contribution in [3.05, 3.63) is 17.3 Å². The molecule has 5 heteroatoms. The van der Waals surface area contributed by atoms with Crippen molar-refractivity contribution in [1.29, 1.82) is 0 Å². The number of hydrogen-bond donors (Lipinski definition) is 0. The smallest absolute Gasteiger partial charge is 0.224 e. The monoisotopic (exact) mass is 243 g/mol. The van der Waals surface area contributed by atoms with Crippen molar-refractivity contribution in [2.45, 2.75) is 26.2 Å². The second-order valence-electron chi connectivity index (χ2n) is 4.20. The topological polar surface area (TPSA) is 29.0 Å². The van der Waals surface area contributed by atoms with Crippen LogP contribution in [0.2, 0.25) is 5.28 Å². The molecule has 1 aliphatic rings. The van der Waals surface area contributed by atoms with Gasteiger partial charge in [-0.05, 0) is 36.8 Å². The molecule has 0 bridgehead atoms. The van der Waals surface area contributed by atoms with Gasteiger partial charge in [0, 0.05) is 13.1 Å². The highest BCUT2D eigenvalue weighted by Crippen LogP contribution is 2.31. The molecule has 1 heterocycles. The van der Waals surface area contributed by atoms with Crippen molar-refractivity contribution >= 4 is 17.4 Å². The molecule has 1 saturated carbocycles. The molecule has 0 aromatic carbocycles. The van der Waals surface area contributed by atoms with E-state index in [4.69, 9.17) is 11.6 Å². The Morgan fingerprint density at radius 3 is 2.94 bits per heavy atom. The van der Waals surface area contributed by atoms with Crippen LogP contribution in [0.4, 0.5) is 10.2 Å². The van der Waals surface area contributed by atoms with E-state index in [9.17, 15) is 4.39 Å². The van der Waals surface area contributed by atoms with E-state index < -0.39 is 5.82 Å². The molecule has 1 aliphatic carbocycles. The Morgan fingerprint density at radius 2 is 2.31 bits per heavy atom. The van der Waals surface area contributed by atoms with Gasteiger partial charge in [-0.15, -0.1) is 0 Å². The Hall–Kier alpha value is -0.900. The SMILES string of the molecule is CCCN(CC1CC1)c1nc(Cl)ncc1F. The van der Waals surface area contributed by atoms with Crippen molar-refractivity contribution < 1.29 is 4.39 Å². The minimum absolute atomic E-state index is 0.105. The normalized spacial score (nSPS) is 15.2. The van der Waals surface area contributed by atoms with Gasteiger partial charge in [-0.2, -0.15) is 4.98 Å². The molecule has 16 heavy (non-hydrogen) atoms. The summed E-state index contributed by atoms with van der Waals surface area (Å²) in [5, 5.41) is 0.105. The summed E-state index contributed by atoms with van der Waals surface area (Å²) in [5.41, 5.74) is 0. The summed E-state index contributed by atoms with van der Waals surface area (Å²) in [7, 11) is 0. The van der Waals surface area contributed by atoms with Crippen LogP contribution < -0.4 is 4.90 Å². The standard InChI is InChI=1S/C11H15ClFN3/c1-2-5-16(7-8-3-4-8)10-9(13)6-14-11(12)15-10/h6,8H,2-5,7H2,1H3. The number of hydrogen-bond acceptors (Lipinski definition) is 3. The molecule has 0 atom stereocenters. The lowest BCUT2D eigenvalue weighted by atomic mass is 10.3. The van der Waals surface area contributed by atoms with Crippen LogP contribution in [-0.2, 0) is 0 Å². The fraction of sp³-hybridized carbons (Fsp3) is 0.636. The van der Waals surface area contributed by atoms with Crippen molar-refractivity contribution in [3.63, 3.8) is 0 Å². The van der Waals surface area contributed by atoms with Gasteiger partial charge < -0.3 is 4.90 Å². The van der Waals surface area contributed by atoms with E-state index in [0.29, 0.717) is 11.7 Å². The van der Waals surface area contributed by atoms with Crippen molar-refractivity contribution in [1.82, 2.24) is 9.97 Å². The van der Waals surface area contributed by atoms with Crippen LogP contribution in [0.25, 0.3) is 0 Å². The molecule has 2 rings (SSSR count). The molecular formula is C11H15ClFN3. The highest BCUT2D eigenvalue weighted by atomic mass is 35.5. The predicted octanol–water partition coefficient (Wildman–Crippen LogP) is 2.90. The molecule has 0 saturated heterocycles. The zero-order valence-corrected chi connectivity index (χ0v) is 10.0. The van der Waals surface area contributed by atoms with Crippen LogP contribution in [-0.4, -0.2) is 23.1 Å². The van der Waals surface area contributed by atoms with Gasteiger partial charge in [0.05, 0.1) is 6.20 Å². The average molecular weight is 244 g/mol. The first-order chi connectivity index (χ1) is 7.70. The number of aromatic nitrogens is 2. The second-order valence-corrected chi connectivity index (χ2v) is 4.54. The van der Waals surface area contributed by atoms with Crippen LogP contribution in [0.5, 0.6) is 0 Å². The second kappa shape index (κ2) is 4.95. The maximum absolute atomic E-state index is 13.6. The largest absolute Gasteiger partial charge is 0.354 e. The molecule has 1 aromatic rings. The quantitative estimate of drug-likeness (QED) is 0.745. The van der Waals surface area contributed by atoms with Gasteiger partial charge in [0.25, 0.3) is 0 Å². The number of halogens is 2. The lowest BCUT2D eigenvalue weighted by Gasteiger charge is -2.23. The van der Waals surface area contributed by atoms with E-state index >= 15 is 0 Å². The molecule has 0 spiro atoms. The summed E-state index contributed by atoms with van der Waals surface area (Å²) in [6.07, 6.45) is 4.58. The van der Waals surface area contributed by atoms with Gasteiger partial charge in [-0.1, -0.05) is 6.92 Å². The molecule has 0 unspecified atom stereocenters. The van der Waals surface area contributed by atoms with Gasteiger partial charge >= 0.3 is 0 Å². The minimum atomic E-state index is -0.390. The number of rotatable bonds is 5. The molecule has 0 aliphatic heterocycles. The van der Waals surface area contributed by atoms with Crippen LogP contribution in [0, 0.1) is 11.7 Å². The van der Waals surface area contributed by atoms with Crippen molar-refractivity contribution in [3.8, 4) is 0 Å². The van der Waals surface area contributed by atoms with Crippen LogP contribution in [0.15, 0.2) is 6.20 Å². The third kappa shape index (κ3) is 2.82. The van der Waals surface area contributed by atoms with Crippen LogP contribution in [0.1, 0.15) is 26.2 Å². The van der Waals surface area contributed by atoms with Gasteiger partial charge in [0.2, 0.25) is 5.28 Å². The van der Waals surface area contributed by atoms with E-state index in [1.54, 1.807) is 0 Å². The Balaban J connectivity index is 2.18. The summed E-state index contributed by atoms with van der Waals surface area (Å²) in [4.78, 5) is 9.58. The first-order valence-corrected chi connectivity index (χ1v) is 6.01. The maximum Gasteiger partial charge on any atom is 0.224 e. The molecule has 1 aromatic heterocycles. The van der Waals surface area contributed by atoms with Crippen LogP contribution >= 0.6 is 11.6 Å². The van der Waals surface area contributed by atoms with E-state index in [-0.39, 0.29) is 5.28 Å². The van der Waals surface area contributed by atoms with Crippen LogP contribution in [0.3, 0.4) is 0 Å². The van der Waals surface area contributed by atoms with Gasteiger partial charge in [0.15, 0.2) is 11.6 Å². The van der Waals surface area contributed by atoms with E-state index in [1.807, 2.05) is 4.90 Å². The van der Waals surface area contributed by atoms with Gasteiger partial charge in [-0.25, -0.2) is 9.37 Å². The highest BCUT2D eigenvalue weighted by molar-refractivity contribution is 6.28. The summed E-state index contributed by atoms with van der Waals surface area (Å²) >= 11 is 5.70. The van der Waals surface area contributed by atoms with Crippen molar-refractivity contribution in [2.24, 2.45) is 5.92 Å². The Labute approximate surface area is 99.6 Å². The molecular weight excluding hydrogens is 229 g/mol. The average Bonchev–Trinajstić information content (AvgIpc) is 3.05. The van der Waals surface area contributed by atoms with E-state index in [1.165, 1.54) is 12.8 Å². The minimum Gasteiger partial charge on any atom is -0.354 e.